The van der Waals surface area contributed by atoms with Gasteiger partial charge in [-0.15, -0.1) is 0 Å². The molecule has 0 atom stereocenters. The van der Waals surface area contributed by atoms with Crippen molar-refractivity contribution in [2.24, 2.45) is 0 Å². The maximum atomic E-state index is 13.5. The molecule has 0 aliphatic carbocycles. The molecule has 2 aromatic rings. The van der Waals surface area contributed by atoms with E-state index in [0.717, 1.165) is 0 Å². The molecule has 0 aliphatic rings. The van der Waals surface area contributed by atoms with Crippen LogP contribution in [0.15, 0.2) is 22.7 Å². The van der Waals surface area contributed by atoms with Crippen LogP contribution in [0.4, 0.5) is 4.39 Å². The van der Waals surface area contributed by atoms with Crippen molar-refractivity contribution < 1.29 is 13.7 Å². The topological polar surface area (TPSA) is 48.2 Å². The number of ether oxygens (including phenoxy) is 1. The summed E-state index contributed by atoms with van der Waals surface area (Å²) in [5.74, 6) is 0.478. The third kappa shape index (κ3) is 1.88. The Morgan fingerprint density at radius 3 is 2.88 bits per heavy atom. The number of halogens is 1. The average molecular weight is 222 g/mol. The Bertz CT molecular complexity index is 496. The zero-order valence-electron chi connectivity index (χ0n) is 9.03. The SMILES string of the molecule is CCOc1c(F)cccc1-c1nc(C)no1. The smallest absolute Gasteiger partial charge is 0.261 e. The first-order valence-electron chi connectivity index (χ1n) is 4.94. The fraction of sp³-hybridized carbons (Fsp3) is 0.273. The maximum absolute atomic E-state index is 13.5. The van der Waals surface area contributed by atoms with Crippen molar-refractivity contribution in [3.63, 3.8) is 0 Å². The van der Waals surface area contributed by atoms with E-state index in [1.54, 1.807) is 26.0 Å². The van der Waals surface area contributed by atoms with E-state index < -0.39 is 5.82 Å². The van der Waals surface area contributed by atoms with Crippen LogP contribution in [-0.2, 0) is 0 Å². The van der Waals surface area contributed by atoms with Crippen LogP contribution in [-0.4, -0.2) is 16.7 Å². The molecule has 5 heteroatoms. The van der Waals surface area contributed by atoms with E-state index in [4.69, 9.17) is 9.26 Å². The van der Waals surface area contributed by atoms with Crippen LogP contribution in [0.3, 0.4) is 0 Å². The Morgan fingerprint density at radius 1 is 1.44 bits per heavy atom. The first-order valence-corrected chi connectivity index (χ1v) is 4.94. The minimum atomic E-state index is -0.435. The van der Waals surface area contributed by atoms with Crippen LogP contribution in [0.2, 0.25) is 0 Å². The molecular formula is C11H11FN2O2. The summed E-state index contributed by atoms with van der Waals surface area (Å²) in [6, 6.07) is 4.59. The van der Waals surface area contributed by atoms with Gasteiger partial charge in [-0.3, -0.25) is 0 Å². The highest BCUT2D eigenvalue weighted by atomic mass is 19.1. The maximum Gasteiger partial charge on any atom is 0.261 e. The lowest BCUT2D eigenvalue weighted by Gasteiger charge is -2.07. The predicted octanol–water partition coefficient (Wildman–Crippen LogP) is 2.58. The fourth-order valence-corrected chi connectivity index (χ4v) is 1.37. The minimum absolute atomic E-state index is 0.147. The molecule has 0 radical (unpaired) electrons. The third-order valence-electron chi connectivity index (χ3n) is 2.01. The van der Waals surface area contributed by atoms with Crippen molar-refractivity contribution in [3.8, 4) is 17.2 Å². The quantitative estimate of drug-likeness (QED) is 0.800. The van der Waals surface area contributed by atoms with Gasteiger partial charge in [-0.2, -0.15) is 4.98 Å². The number of rotatable bonds is 3. The molecule has 0 amide bonds. The highest BCUT2D eigenvalue weighted by Crippen LogP contribution is 2.31. The van der Waals surface area contributed by atoms with Gasteiger partial charge < -0.3 is 9.26 Å². The molecule has 1 heterocycles. The van der Waals surface area contributed by atoms with Crippen LogP contribution in [0.5, 0.6) is 5.75 Å². The van der Waals surface area contributed by atoms with Gasteiger partial charge in [0.15, 0.2) is 17.4 Å². The molecule has 2 rings (SSSR count). The van der Waals surface area contributed by atoms with Crippen LogP contribution in [0, 0.1) is 12.7 Å². The highest BCUT2D eigenvalue weighted by Gasteiger charge is 2.16. The molecule has 0 aliphatic heterocycles. The van der Waals surface area contributed by atoms with Crippen molar-refractivity contribution in [1.82, 2.24) is 10.1 Å². The van der Waals surface area contributed by atoms with Gasteiger partial charge in [0.25, 0.3) is 5.89 Å². The molecule has 0 N–H and O–H groups in total. The molecule has 0 unspecified atom stereocenters. The average Bonchev–Trinajstić information content (AvgIpc) is 2.68. The monoisotopic (exact) mass is 222 g/mol. The zero-order chi connectivity index (χ0) is 11.5. The summed E-state index contributed by atoms with van der Waals surface area (Å²) in [7, 11) is 0. The standard InChI is InChI=1S/C11H11FN2O2/c1-3-15-10-8(5-4-6-9(10)12)11-13-7(2)14-16-11/h4-6H,3H2,1-2H3. The predicted molar refractivity (Wildman–Crippen MR) is 55.6 cm³/mol. The molecule has 0 saturated carbocycles. The molecule has 1 aromatic heterocycles. The van der Waals surface area contributed by atoms with Gasteiger partial charge in [-0.1, -0.05) is 11.2 Å². The molecule has 0 bridgehead atoms. The molecule has 0 fully saturated rings. The first-order chi connectivity index (χ1) is 7.72. The highest BCUT2D eigenvalue weighted by molar-refractivity contribution is 5.62. The summed E-state index contributed by atoms with van der Waals surface area (Å²) in [6.45, 7) is 3.86. The number of aryl methyl sites for hydroxylation is 1. The Labute approximate surface area is 92.0 Å². The number of benzene rings is 1. The van der Waals surface area contributed by atoms with Gasteiger partial charge in [-0.25, -0.2) is 4.39 Å². The van der Waals surface area contributed by atoms with E-state index in [2.05, 4.69) is 10.1 Å². The molecule has 4 nitrogen and oxygen atoms in total. The van der Waals surface area contributed by atoms with Crippen LogP contribution >= 0.6 is 0 Å². The van der Waals surface area contributed by atoms with E-state index in [1.807, 2.05) is 0 Å². The molecule has 1 aromatic carbocycles. The normalized spacial score (nSPS) is 10.4. The fourth-order valence-electron chi connectivity index (χ4n) is 1.37. The lowest BCUT2D eigenvalue weighted by molar-refractivity contribution is 0.321. The second-order valence-electron chi connectivity index (χ2n) is 3.20. The Balaban J connectivity index is 2.51. The van der Waals surface area contributed by atoms with Gasteiger partial charge in [0, 0.05) is 0 Å². The van der Waals surface area contributed by atoms with Crippen LogP contribution in [0.25, 0.3) is 11.5 Å². The van der Waals surface area contributed by atoms with Gasteiger partial charge in [0.2, 0.25) is 0 Å². The lowest BCUT2D eigenvalue weighted by atomic mass is 10.2. The van der Waals surface area contributed by atoms with Gasteiger partial charge in [-0.05, 0) is 26.0 Å². The first kappa shape index (κ1) is 10.6. The largest absolute Gasteiger partial charge is 0.490 e. The van der Waals surface area contributed by atoms with E-state index in [1.165, 1.54) is 6.07 Å². The van der Waals surface area contributed by atoms with Crippen molar-refractivity contribution >= 4 is 0 Å². The van der Waals surface area contributed by atoms with Crippen molar-refractivity contribution in [2.75, 3.05) is 6.61 Å². The Kier molecular flexibility index (Phi) is 2.85. The molecule has 84 valence electrons. The van der Waals surface area contributed by atoms with E-state index >= 15 is 0 Å². The number of hydrogen-bond acceptors (Lipinski definition) is 4. The summed E-state index contributed by atoms with van der Waals surface area (Å²) < 4.78 is 23.7. The Morgan fingerprint density at radius 2 is 2.25 bits per heavy atom. The van der Waals surface area contributed by atoms with Crippen LogP contribution < -0.4 is 4.74 Å². The van der Waals surface area contributed by atoms with E-state index in [-0.39, 0.29) is 11.6 Å². The lowest BCUT2D eigenvalue weighted by Crippen LogP contribution is -1.97. The third-order valence-corrected chi connectivity index (χ3v) is 2.01. The Hall–Kier alpha value is -1.91. The summed E-state index contributed by atoms with van der Waals surface area (Å²) in [4.78, 5) is 4.04. The van der Waals surface area contributed by atoms with Crippen molar-refractivity contribution in [2.45, 2.75) is 13.8 Å². The van der Waals surface area contributed by atoms with E-state index in [9.17, 15) is 4.39 Å². The van der Waals surface area contributed by atoms with Gasteiger partial charge in [0.05, 0.1) is 12.2 Å². The zero-order valence-corrected chi connectivity index (χ0v) is 9.03. The number of hydrogen-bond donors (Lipinski definition) is 0. The van der Waals surface area contributed by atoms with E-state index in [0.29, 0.717) is 18.0 Å². The molecule has 0 saturated heterocycles. The van der Waals surface area contributed by atoms with Crippen molar-refractivity contribution in [3.05, 3.63) is 29.8 Å². The summed E-state index contributed by atoms with van der Waals surface area (Å²) in [5.41, 5.74) is 0.474. The number of nitrogens with zero attached hydrogens (tertiary/aromatic N) is 2. The summed E-state index contributed by atoms with van der Waals surface area (Å²) in [6.07, 6.45) is 0. The van der Waals surface area contributed by atoms with Crippen molar-refractivity contribution in [1.29, 1.82) is 0 Å². The number of aromatic nitrogens is 2. The number of para-hydroxylation sites is 1. The van der Waals surface area contributed by atoms with Crippen LogP contribution in [0.1, 0.15) is 12.7 Å². The molecule has 0 spiro atoms. The summed E-state index contributed by atoms with van der Waals surface area (Å²) in [5, 5.41) is 3.66. The molecule has 16 heavy (non-hydrogen) atoms. The second kappa shape index (κ2) is 4.30. The van der Waals surface area contributed by atoms with Gasteiger partial charge in [0.1, 0.15) is 0 Å². The minimum Gasteiger partial charge on any atom is -0.490 e. The second-order valence-corrected chi connectivity index (χ2v) is 3.20. The van der Waals surface area contributed by atoms with Gasteiger partial charge >= 0.3 is 0 Å². The summed E-state index contributed by atoms with van der Waals surface area (Å²) >= 11 is 0. The molecular weight excluding hydrogens is 211 g/mol.